The number of rotatable bonds is 6. The second-order valence-corrected chi connectivity index (χ2v) is 16.0. The first-order valence-electron chi connectivity index (χ1n) is 14.4. The molecule has 4 nitrogen and oxygen atoms in total. The Morgan fingerprint density at radius 3 is 0.846 bits per heavy atom. The molecule has 0 aliphatic rings. The standard InChI is InChI=1S/C35H56O4/c1-21(36)35(22(2)37,19-23-15-25(31(3,4)5)29(38)26(16-23)32(6,7)8)20-24-17-27(33(9,10)11)30(39)28(18-24)34(12,13)14/h15-18,21-22,36-39H,19-20H2,1-14H3. The molecule has 2 atom stereocenters. The van der Waals surface area contributed by atoms with E-state index in [2.05, 4.69) is 83.1 Å². The van der Waals surface area contributed by atoms with Crippen molar-refractivity contribution in [2.75, 3.05) is 0 Å². The molecule has 2 aromatic rings. The van der Waals surface area contributed by atoms with Gasteiger partial charge in [-0.3, -0.25) is 0 Å². The SMILES string of the molecule is CC(O)C(Cc1cc(C(C)(C)C)c(O)c(C(C)(C)C)c1)(Cc1cc(C(C)(C)C)c(O)c(C(C)(C)C)c1)C(C)O. The molecule has 0 heterocycles. The van der Waals surface area contributed by atoms with Crippen LogP contribution in [0.15, 0.2) is 24.3 Å². The molecule has 2 aromatic carbocycles. The van der Waals surface area contributed by atoms with Gasteiger partial charge in [0.1, 0.15) is 11.5 Å². The van der Waals surface area contributed by atoms with Gasteiger partial charge in [0.05, 0.1) is 12.2 Å². The molecule has 4 N–H and O–H groups in total. The molecule has 0 amide bonds. The highest BCUT2D eigenvalue weighted by Crippen LogP contribution is 2.45. The van der Waals surface area contributed by atoms with Gasteiger partial charge in [-0.15, -0.1) is 0 Å². The van der Waals surface area contributed by atoms with Crippen LogP contribution in [0.2, 0.25) is 0 Å². The number of aliphatic hydroxyl groups excluding tert-OH is 2. The molecule has 0 saturated heterocycles. The molecular formula is C35H56O4. The number of benzene rings is 2. The van der Waals surface area contributed by atoms with Gasteiger partial charge in [-0.05, 0) is 81.7 Å². The summed E-state index contributed by atoms with van der Waals surface area (Å²) in [5.74, 6) is 0.642. The van der Waals surface area contributed by atoms with Crippen molar-refractivity contribution in [1.82, 2.24) is 0 Å². The summed E-state index contributed by atoms with van der Waals surface area (Å²) in [4.78, 5) is 0. The summed E-state index contributed by atoms with van der Waals surface area (Å²) in [5.41, 5.74) is 3.42. The second-order valence-electron chi connectivity index (χ2n) is 16.0. The van der Waals surface area contributed by atoms with Crippen LogP contribution >= 0.6 is 0 Å². The van der Waals surface area contributed by atoms with Gasteiger partial charge in [-0.25, -0.2) is 0 Å². The third-order valence-corrected chi connectivity index (χ3v) is 8.30. The molecule has 0 spiro atoms. The predicted octanol–water partition coefficient (Wildman–Crippen LogP) is 7.82. The highest BCUT2D eigenvalue weighted by Gasteiger charge is 2.42. The number of aliphatic hydroxyl groups is 2. The van der Waals surface area contributed by atoms with Crippen LogP contribution in [-0.2, 0) is 34.5 Å². The minimum Gasteiger partial charge on any atom is -0.507 e. The Hall–Kier alpha value is -2.04. The molecular weight excluding hydrogens is 484 g/mol. The fraction of sp³-hybridized carbons (Fsp3) is 0.657. The van der Waals surface area contributed by atoms with Gasteiger partial charge in [-0.1, -0.05) is 107 Å². The maximum absolute atomic E-state index is 11.3. The molecule has 2 rings (SSSR count). The van der Waals surface area contributed by atoms with E-state index >= 15 is 0 Å². The maximum Gasteiger partial charge on any atom is 0.123 e. The fourth-order valence-corrected chi connectivity index (χ4v) is 5.64. The van der Waals surface area contributed by atoms with Gasteiger partial charge in [-0.2, -0.15) is 0 Å². The number of phenols is 2. The van der Waals surface area contributed by atoms with E-state index in [0.717, 1.165) is 33.4 Å². The Kier molecular flexibility index (Phi) is 9.14. The topological polar surface area (TPSA) is 80.9 Å². The second kappa shape index (κ2) is 10.7. The summed E-state index contributed by atoms with van der Waals surface area (Å²) in [7, 11) is 0. The van der Waals surface area contributed by atoms with Crippen LogP contribution in [0.5, 0.6) is 11.5 Å². The first-order valence-corrected chi connectivity index (χ1v) is 14.4. The van der Waals surface area contributed by atoms with E-state index in [1.807, 2.05) is 24.3 Å². The summed E-state index contributed by atoms with van der Waals surface area (Å²) < 4.78 is 0. The largest absolute Gasteiger partial charge is 0.507 e. The quantitative estimate of drug-likeness (QED) is 0.301. The van der Waals surface area contributed by atoms with Crippen molar-refractivity contribution < 1.29 is 20.4 Å². The van der Waals surface area contributed by atoms with E-state index in [1.54, 1.807) is 13.8 Å². The van der Waals surface area contributed by atoms with E-state index in [9.17, 15) is 20.4 Å². The van der Waals surface area contributed by atoms with Crippen LogP contribution < -0.4 is 0 Å². The van der Waals surface area contributed by atoms with Crippen molar-refractivity contribution in [3.8, 4) is 11.5 Å². The minimum absolute atomic E-state index is 0.279. The molecule has 39 heavy (non-hydrogen) atoms. The smallest absolute Gasteiger partial charge is 0.123 e. The van der Waals surface area contributed by atoms with Crippen molar-refractivity contribution in [2.24, 2.45) is 5.41 Å². The monoisotopic (exact) mass is 540 g/mol. The number of phenolic OH excluding ortho intramolecular Hbond substituents is 2. The van der Waals surface area contributed by atoms with Crippen LogP contribution in [0.25, 0.3) is 0 Å². The maximum atomic E-state index is 11.3. The highest BCUT2D eigenvalue weighted by molar-refractivity contribution is 5.52. The average molecular weight is 541 g/mol. The Balaban J connectivity index is 2.83. The molecule has 0 radical (unpaired) electrons. The van der Waals surface area contributed by atoms with Crippen molar-refractivity contribution >= 4 is 0 Å². The Labute approximate surface area is 238 Å². The molecule has 2 unspecified atom stereocenters. The van der Waals surface area contributed by atoms with Crippen molar-refractivity contribution in [3.05, 3.63) is 57.6 Å². The van der Waals surface area contributed by atoms with Crippen molar-refractivity contribution in [2.45, 2.75) is 144 Å². The van der Waals surface area contributed by atoms with E-state index < -0.39 is 17.6 Å². The average Bonchev–Trinajstić information content (AvgIpc) is 2.71. The predicted molar refractivity (Wildman–Crippen MR) is 164 cm³/mol. The molecule has 0 bridgehead atoms. The molecule has 0 fully saturated rings. The molecule has 0 aliphatic carbocycles. The Bertz CT molecular complexity index is 996. The first-order chi connectivity index (χ1) is 17.3. The van der Waals surface area contributed by atoms with E-state index in [1.165, 1.54) is 0 Å². The van der Waals surface area contributed by atoms with Gasteiger partial charge < -0.3 is 20.4 Å². The lowest BCUT2D eigenvalue weighted by molar-refractivity contribution is -0.0542. The zero-order valence-electron chi connectivity index (χ0n) is 27.2. The van der Waals surface area contributed by atoms with E-state index in [-0.39, 0.29) is 21.7 Å². The number of hydrogen-bond donors (Lipinski definition) is 4. The van der Waals surface area contributed by atoms with Crippen LogP contribution in [-0.4, -0.2) is 32.6 Å². The summed E-state index contributed by atoms with van der Waals surface area (Å²) in [6, 6.07) is 8.17. The Morgan fingerprint density at radius 2 is 0.692 bits per heavy atom. The van der Waals surface area contributed by atoms with Gasteiger partial charge in [0, 0.05) is 5.41 Å². The zero-order valence-corrected chi connectivity index (χ0v) is 27.2. The summed E-state index contributed by atoms with van der Waals surface area (Å²) in [6.45, 7) is 28.6. The Morgan fingerprint density at radius 1 is 0.487 bits per heavy atom. The van der Waals surface area contributed by atoms with Gasteiger partial charge >= 0.3 is 0 Å². The summed E-state index contributed by atoms with van der Waals surface area (Å²) in [5, 5.41) is 45.2. The molecule has 0 saturated carbocycles. The number of hydrogen-bond acceptors (Lipinski definition) is 4. The lowest BCUT2D eigenvalue weighted by Crippen LogP contribution is -2.46. The van der Waals surface area contributed by atoms with E-state index in [4.69, 9.17) is 0 Å². The van der Waals surface area contributed by atoms with E-state index in [0.29, 0.717) is 24.3 Å². The fourth-order valence-electron chi connectivity index (χ4n) is 5.64. The third kappa shape index (κ3) is 7.19. The van der Waals surface area contributed by atoms with Gasteiger partial charge in [0.25, 0.3) is 0 Å². The van der Waals surface area contributed by atoms with Crippen LogP contribution in [0.4, 0.5) is 0 Å². The first kappa shape index (κ1) is 33.2. The zero-order chi connectivity index (χ0) is 30.5. The lowest BCUT2D eigenvalue weighted by Gasteiger charge is -2.41. The van der Waals surface area contributed by atoms with Gasteiger partial charge in [0.2, 0.25) is 0 Å². The van der Waals surface area contributed by atoms with Crippen LogP contribution in [0.1, 0.15) is 130 Å². The third-order valence-electron chi connectivity index (χ3n) is 8.30. The molecule has 4 heteroatoms. The lowest BCUT2D eigenvalue weighted by atomic mass is 9.67. The van der Waals surface area contributed by atoms with Gasteiger partial charge in [0.15, 0.2) is 0 Å². The molecule has 0 aromatic heterocycles. The molecule has 0 aliphatic heterocycles. The van der Waals surface area contributed by atoms with Crippen LogP contribution in [0.3, 0.4) is 0 Å². The normalized spacial score (nSPS) is 15.4. The molecule has 220 valence electrons. The van der Waals surface area contributed by atoms with Crippen LogP contribution in [0, 0.1) is 5.41 Å². The van der Waals surface area contributed by atoms with Crippen molar-refractivity contribution in [1.29, 1.82) is 0 Å². The minimum atomic E-state index is -0.886. The number of aromatic hydroxyl groups is 2. The summed E-state index contributed by atoms with van der Waals surface area (Å²) >= 11 is 0. The summed E-state index contributed by atoms with van der Waals surface area (Å²) in [6.07, 6.45) is -0.753. The van der Waals surface area contributed by atoms with Crippen molar-refractivity contribution in [3.63, 3.8) is 0 Å². The highest BCUT2D eigenvalue weighted by atomic mass is 16.3.